The zero-order valence-corrected chi connectivity index (χ0v) is 12.9. The molecule has 0 saturated heterocycles. The molecule has 0 unspecified atom stereocenters. The van der Waals surface area contributed by atoms with E-state index >= 15 is 0 Å². The van der Waals surface area contributed by atoms with Crippen LogP contribution in [0.3, 0.4) is 0 Å². The van der Waals surface area contributed by atoms with Crippen LogP contribution in [-0.2, 0) is 0 Å². The third kappa shape index (κ3) is 5.54. The summed E-state index contributed by atoms with van der Waals surface area (Å²) in [5, 5.41) is 15.2. The summed E-state index contributed by atoms with van der Waals surface area (Å²) in [5.41, 5.74) is 0.424. The summed E-state index contributed by atoms with van der Waals surface area (Å²) >= 11 is 0. The van der Waals surface area contributed by atoms with Gasteiger partial charge < -0.3 is 24.9 Å². The number of carbonyl (C=O) groups excluding carboxylic acids is 1. The highest BCUT2D eigenvalue weighted by Gasteiger charge is 2.16. The Morgan fingerprint density at radius 1 is 1.29 bits per heavy atom. The van der Waals surface area contributed by atoms with Gasteiger partial charge in [-0.1, -0.05) is 0 Å². The standard InChI is InChI=1S/C16H18F2N2O4/c1-10(9-13(21)14-3-2-8-23-14)19-16(22)20-11-4-6-12(7-5-11)24-15(17)18/h2-8,10,13,15,21H,9H2,1H3,(H2,19,20,22)/t10-,13+/m0/s1. The van der Waals surface area contributed by atoms with Crippen LogP contribution in [-0.4, -0.2) is 23.8 Å². The molecule has 3 N–H and O–H groups in total. The van der Waals surface area contributed by atoms with Gasteiger partial charge in [0.25, 0.3) is 0 Å². The molecule has 24 heavy (non-hydrogen) atoms. The summed E-state index contributed by atoms with van der Waals surface area (Å²) in [4.78, 5) is 11.9. The number of halogens is 2. The Bertz CT molecular complexity index is 632. The van der Waals surface area contributed by atoms with Crippen LogP contribution in [0.15, 0.2) is 47.1 Å². The lowest BCUT2D eigenvalue weighted by atomic mass is 10.1. The molecule has 1 aromatic carbocycles. The number of alkyl halides is 2. The lowest BCUT2D eigenvalue weighted by molar-refractivity contribution is -0.0498. The fraction of sp³-hybridized carbons (Fsp3) is 0.312. The Hall–Kier alpha value is -2.61. The average Bonchev–Trinajstić information content (AvgIpc) is 3.02. The molecule has 8 heteroatoms. The fourth-order valence-electron chi connectivity index (χ4n) is 2.10. The summed E-state index contributed by atoms with van der Waals surface area (Å²) < 4.78 is 33.4. The van der Waals surface area contributed by atoms with E-state index in [0.717, 1.165) is 0 Å². The first-order chi connectivity index (χ1) is 11.4. The van der Waals surface area contributed by atoms with E-state index < -0.39 is 18.7 Å². The molecule has 0 spiro atoms. The van der Waals surface area contributed by atoms with Gasteiger partial charge in [0.2, 0.25) is 0 Å². The van der Waals surface area contributed by atoms with Gasteiger partial charge >= 0.3 is 12.6 Å². The number of carbonyl (C=O) groups is 1. The molecule has 2 atom stereocenters. The highest BCUT2D eigenvalue weighted by atomic mass is 19.3. The third-order valence-electron chi connectivity index (χ3n) is 3.16. The molecular formula is C16H18F2N2O4. The average molecular weight is 340 g/mol. The van der Waals surface area contributed by atoms with E-state index in [2.05, 4.69) is 15.4 Å². The second-order valence-corrected chi connectivity index (χ2v) is 5.17. The highest BCUT2D eigenvalue weighted by Crippen LogP contribution is 2.19. The number of aliphatic hydroxyl groups excluding tert-OH is 1. The van der Waals surface area contributed by atoms with E-state index in [0.29, 0.717) is 11.4 Å². The van der Waals surface area contributed by atoms with Crippen molar-refractivity contribution in [3.8, 4) is 5.75 Å². The van der Waals surface area contributed by atoms with Crippen LogP contribution in [0.2, 0.25) is 0 Å². The first-order valence-corrected chi connectivity index (χ1v) is 7.28. The van der Waals surface area contributed by atoms with Crippen molar-refractivity contribution in [1.82, 2.24) is 5.32 Å². The molecule has 0 aliphatic rings. The van der Waals surface area contributed by atoms with E-state index in [-0.39, 0.29) is 18.2 Å². The van der Waals surface area contributed by atoms with Crippen molar-refractivity contribution in [2.45, 2.75) is 32.1 Å². The predicted octanol–water partition coefficient (Wildman–Crippen LogP) is 3.51. The van der Waals surface area contributed by atoms with Gasteiger partial charge in [-0.25, -0.2) is 4.79 Å². The van der Waals surface area contributed by atoms with Crippen molar-refractivity contribution in [1.29, 1.82) is 0 Å². The molecular weight excluding hydrogens is 322 g/mol. The minimum Gasteiger partial charge on any atom is -0.467 e. The number of urea groups is 1. The second-order valence-electron chi connectivity index (χ2n) is 5.17. The second kappa shape index (κ2) is 8.30. The van der Waals surface area contributed by atoms with E-state index in [1.54, 1.807) is 19.1 Å². The summed E-state index contributed by atoms with van der Waals surface area (Å²) in [6.07, 6.45) is 0.924. The normalized spacial score (nSPS) is 13.4. The van der Waals surface area contributed by atoms with Gasteiger partial charge in [0, 0.05) is 18.2 Å². The quantitative estimate of drug-likeness (QED) is 0.720. The van der Waals surface area contributed by atoms with Crippen LogP contribution in [0.25, 0.3) is 0 Å². The smallest absolute Gasteiger partial charge is 0.387 e. The number of aliphatic hydroxyl groups is 1. The van der Waals surface area contributed by atoms with Crippen molar-refractivity contribution in [3.63, 3.8) is 0 Å². The molecule has 1 heterocycles. The SMILES string of the molecule is C[C@@H](C[C@@H](O)c1ccco1)NC(=O)Nc1ccc(OC(F)F)cc1. The van der Waals surface area contributed by atoms with Gasteiger partial charge in [0.15, 0.2) is 0 Å². The first kappa shape index (κ1) is 17.7. The van der Waals surface area contributed by atoms with Crippen LogP contribution in [0.1, 0.15) is 25.2 Å². The summed E-state index contributed by atoms with van der Waals surface area (Å²) in [7, 11) is 0. The molecule has 0 radical (unpaired) electrons. The highest BCUT2D eigenvalue weighted by molar-refractivity contribution is 5.89. The molecule has 0 fully saturated rings. The number of amides is 2. The lowest BCUT2D eigenvalue weighted by Crippen LogP contribution is -2.37. The fourth-order valence-corrected chi connectivity index (χ4v) is 2.10. The molecule has 0 bridgehead atoms. The Balaban J connectivity index is 1.79. The minimum absolute atomic E-state index is 0.00546. The summed E-state index contributed by atoms with van der Waals surface area (Å²) in [5.74, 6) is 0.435. The zero-order valence-electron chi connectivity index (χ0n) is 12.9. The number of rotatable bonds is 7. The van der Waals surface area contributed by atoms with Crippen LogP contribution in [0.5, 0.6) is 5.75 Å². The maximum atomic E-state index is 12.1. The maximum absolute atomic E-state index is 12.1. The number of benzene rings is 1. The van der Waals surface area contributed by atoms with Crippen molar-refractivity contribution in [3.05, 3.63) is 48.4 Å². The van der Waals surface area contributed by atoms with Gasteiger partial charge in [-0.3, -0.25) is 0 Å². The van der Waals surface area contributed by atoms with Crippen molar-refractivity contribution < 1.29 is 27.8 Å². The Morgan fingerprint density at radius 2 is 2.00 bits per heavy atom. The van der Waals surface area contributed by atoms with Crippen LogP contribution in [0, 0.1) is 0 Å². The predicted molar refractivity (Wildman–Crippen MR) is 83.0 cm³/mol. The lowest BCUT2D eigenvalue weighted by Gasteiger charge is -2.17. The van der Waals surface area contributed by atoms with Gasteiger partial charge in [0.05, 0.1) is 6.26 Å². The monoisotopic (exact) mass is 340 g/mol. The summed E-state index contributed by atoms with van der Waals surface area (Å²) in [6.45, 7) is -1.15. The van der Waals surface area contributed by atoms with E-state index in [4.69, 9.17) is 4.42 Å². The number of ether oxygens (including phenoxy) is 1. The molecule has 2 aromatic rings. The van der Waals surface area contributed by atoms with Gasteiger partial charge in [0.1, 0.15) is 17.6 Å². The molecule has 0 saturated carbocycles. The Labute approximate surface area is 137 Å². The number of furan rings is 1. The molecule has 2 rings (SSSR count). The number of nitrogens with one attached hydrogen (secondary N) is 2. The zero-order chi connectivity index (χ0) is 17.5. The number of anilines is 1. The largest absolute Gasteiger partial charge is 0.467 e. The van der Waals surface area contributed by atoms with Gasteiger partial charge in [-0.2, -0.15) is 8.78 Å². The molecule has 1 aromatic heterocycles. The minimum atomic E-state index is -2.89. The van der Waals surface area contributed by atoms with Crippen LogP contribution < -0.4 is 15.4 Å². The number of hydrogen-bond acceptors (Lipinski definition) is 4. The third-order valence-corrected chi connectivity index (χ3v) is 3.16. The van der Waals surface area contributed by atoms with Crippen LogP contribution >= 0.6 is 0 Å². The topological polar surface area (TPSA) is 83.7 Å². The van der Waals surface area contributed by atoms with Crippen LogP contribution in [0.4, 0.5) is 19.3 Å². The van der Waals surface area contributed by atoms with Crippen molar-refractivity contribution >= 4 is 11.7 Å². The molecule has 2 amide bonds. The van der Waals surface area contributed by atoms with Crippen molar-refractivity contribution in [2.24, 2.45) is 0 Å². The Kier molecular flexibility index (Phi) is 6.14. The van der Waals surface area contributed by atoms with E-state index in [9.17, 15) is 18.7 Å². The molecule has 0 aliphatic carbocycles. The van der Waals surface area contributed by atoms with E-state index in [1.807, 2.05) is 0 Å². The molecule has 130 valence electrons. The molecule has 0 aliphatic heterocycles. The summed E-state index contributed by atoms with van der Waals surface area (Å²) in [6, 6.07) is 8.07. The van der Waals surface area contributed by atoms with Gasteiger partial charge in [-0.05, 0) is 43.3 Å². The maximum Gasteiger partial charge on any atom is 0.387 e. The van der Waals surface area contributed by atoms with Crippen molar-refractivity contribution in [2.75, 3.05) is 5.32 Å². The van der Waals surface area contributed by atoms with E-state index in [1.165, 1.54) is 30.5 Å². The number of hydrogen-bond donors (Lipinski definition) is 3. The Morgan fingerprint density at radius 3 is 2.58 bits per heavy atom. The first-order valence-electron chi connectivity index (χ1n) is 7.28. The van der Waals surface area contributed by atoms with Gasteiger partial charge in [-0.15, -0.1) is 0 Å². The molecule has 6 nitrogen and oxygen atoms in total.